The number of halogens is 1. The van der Waals surface area contributed by atoms with E-state index in [0.717, 1.165) is 11.4 Å². The molecule has 20 heavy (non-hydrogen) atoms. The average Bonchev–Trinajstić information content (AvgIpc) is 3.12. The van der Waals surface area contributed by atoms with Gasteiger partial charge in [0.2, 0.25) is 0 Å². The molecule has 0 radical (unpaired) electrons. The van der Waals surface area contributed by atoms with Gasteiger partial charge in [0.15, 0.2) is 0 Å². The molecule has 1 aromatic heterocycles. The number of hydrogen-bond acceptors (Lipinski definition) is 3. The molecule has 1 aromatic carbocycles. The molecule has 3 rings (SSSR count). The summed E-state index contributed by atoms with van der Waals surface area (Å²) in [5.41, 5.74) is 1.29. The van der Waals surface area contributed by atoms with E-state index in [1.807, 2.05) is 24.3 Å². The third-order valence-corrected chi connectivity index (χ3v) is 4.06. The molecule has 104 valence electrons. The van der Waals surface area contributed by atoms with Gasteiger partial charge < -0.3 is 14.4 Å². The summed E-state index contributed by atoms with van der Waals surface area (Å²) in [6.07, 6.45) is 4.00. The van der Waals surface area contributed by atoms with Crippen molar-refractivity contribution in [1.82, 2.24) is 0 Å². The Hall–Kier alpha value is -1.75. The van der Waals surface area contributed by atoms with Crippen LogP contribution in [0.3, 0.4) is 0 Å². The summed E-state index contributed by atoms with van der Waals surface area (Å²) in [6.45, 7) is 0.705. The average molecular weight is 336 g/mol. The number of anilines is 1. The molecule has 0 aliphatic heterocycles. The Morgan fingerprint density at radius 3 is 2.75 bits per heavy atom. The summed E-state index contributed by atoms with van der Waals surface area (Å²) in [4.78, 5) is 13.3. The van der Waals surface area contributed by atoms with Crippen LogP contribution in [0.15, 0.2) is 45.5 Å². The molecule has 0 spiro atoms. The van der Waals surface area contributed by atoms with Crippen molar-refractivity contribution in [3.05, 3.63) is 52.4 Å². The van der Waals surface area contributed by atoms with Crippen LogP contribution in [0, 0.1) is 0 Å². The number of carboxylic acid groups (broad SMARTS) is 1. The third kappa shape index (κ3) is 2.72. The molecule has 1 heterocycles. The molecular formula is C15H14BrNO3. The summed E-state index contributed by atoms with van der Waals surface area (Å²) in [5.74, 6) is -0.0113. The molecule has 1 aliphatic rings. The number of benzene rings is 1. The Kier molecular flexibility index (Phi) is 3.53. The highest BCUT2D eigenvalue weighted by molar-refractivity contribution is 9.10. The highest BCUT2D eigenvalue weighted by atomic mass is 79.9. The third-order valence-electron chi connectivity index (χ3n) is 3.41. The van der Waals surface area contributed by atoms with Gasteiger partial charge >= 0.3 is 5.97 Å². The fraction of sp³-hybridized carbons (Fsp3) is 0.267. The van der Waals surface area contributed by atoms with Crippen LogP contribution < -0.4 is 4.90 Å². The lowest BCUT2D eigenvalue weighted by Crippen LogP contribution is -2.24. The number of rotatable bonds is 5. The minimum absolute atomic E-state index is 0.280. The molecule has 0 unspecified atom stereocenters. The first-order valence-corrected chi connectivity index (χ1v) is 7.26. The van der Waals surface area contributed by atoms with E-state index in [4.69, 9.17) is 9.52 Å². The van der Waals surface area contributed by atoms with E-state index in [9.17, 15) is 4.79 Å². The lowest BCUT2D eigenvalue weighted by atomic mass is 10.2. The van der Waals surface area contributed by atoms with Crippen LogP contribution in [-0.2, 0) is 6.54 Å². The van der Waals surface area contributed by atoms with Crippen LogP contribution in [0.4, 0.5) is 5.69 Å². The second-order valence-corrected chi connectivity index (χ2v) is 5.76. The van der Waals surface area contributed by atoms with Crippen molar-refractivity contribution in [3.63, 3.8) is 0 Å². The highest BCUT2D eigenvalue weighted by Crippen LogP contribution is 2.35. The van der Waals surface area contributed by atoms with Crippen LogP contribution in [0.2, 0.25) is 0 Å². The number of carboxylic acids is 1. The van der Waals surface area contributed by atoms with Crippen LogP contribution in [-0.4, -0.2) is 17.1 Å². The van der Waals surface area contributed by atoms with Crippen molar-refractivity contribution >= 4 is 27.6 Å². The van der Waals surface area contributed by atoms with Gasteiger partial charge in [-0.1, -0.05) is 0 Å². The van der Waals surface area contributed by atoms with E-state index in [1.165, 1.54) is 12.8 Å². The molecule has 1 N–H and O–H groups in total. The molecule has 2 aromatic rings. The molecule has 0 saturated heterocycles. The number of nitrogens with zero attached hydrogens (tertiary/aromatic N) is 1. The van der Waals surface area contributed by atoms with Gasteiger partial charge in [-0.05, 0) is 59.1 Å². The first-order valence-electron chi connectivity index (χ1n) is 6.47. The Morgan fingerprint density at radius 1 is 1.40 bits per heavy atom. The predicted octanol–water partition coefficient (Wildman–Crippen LogP) is 3.91. The van der Waals surface area contributed by atoms with E-state index in [-0.39, 0.29) is 5.56 Å². The van der Waals surface area contributed by atoms with Gasteiger partial charge in [0.25, 0.3) is 0 Å². The maximum atomic E-state index is 11.0. The molecule has 0 bridgehead atoms. The molecule has 0 amide bonds. The summed E-state index contributed by atoms with van der Waals surface area (Å²) in [6, 6.07) is 9.71. The Labute approximate surface area is 125 Å². The Bertz CT molecular complexity index is 620. The van der Waals surface area contributed by atoms with Crippen molar-refractivity contribution < 1.29 is 14.3 Å². The van der Waals surface area contributed by atoms with Crippen molar-refractivity contribution in [2.45, 2.75) is 25.4 Å². The van der Waals surface area contributed by atoms with Gasteiger partial charge in [0, 0.05) is 16.2 Å². The summed E-state index contributed by atoms with van der Waals surface area (Å²) in [5, 5.41) is 9.07. The minimum Gasteiger partial charge on any atom is -0.478 e. The topological polar surface area (TPSA) is 53.7 Å². The predicted molar refractivity (Wildman–Crippen MR) is 79.0 cm³/mol. The van der Waals surface area contributed by atoms with Crippen LogP contribution >= 0.6 is 15.9 Å². The molecule has 4 nitrogen and oxygen atoms in total. The van der Waals surface area contributed by atoms with Gasteiger partial charge in [0.05, 0.1) is 18.4 Å². The monoisotopic (exact) mass is 335 g/mol. The highest BCUT2D eigenvalue weighted by Gasteiger charge is 2.30. The van der Waals surface area contributed by atoms with E-state index >= 15 is 0 Å². The SMILES string of the molecule is O=C(O)c1ccc(N(Cc2ccco2)C2CC2)cc1Br. The van der Waals surface area contributed by atoms with E-state index in [2.05, 4.69) is 20.8 Å². The summed E-state index contributed by atoms with van der Waals surface area (Å²) >= 11 is 3.33. The first kappa shape index (κ1) is 13.2. The second kappa shape index (κ2) is 5.32. The Morgan fingerprint density at radius 2 is 2.20 bits per heavy atom. The van der Waals surface area contributed by atoms with E-state index in [0.29, 0.717) is 17.1 Å². The summed E-state index contributed by atoms with van der Waals surface area (Å²) in [7, 11) is 0. The van der Waals surface area contributed by atoms with Crippen molar-refractivity contribution in [2.75, 3.05) is 4.90 Å². The van der Waals surface area contributed by atoms with Crippen LogP contribution in [0.25, 0.3) is 0 Å². The molecule has 0 atom stereocenters. The molecule has 5 heteroatoms. The zero-order valence-electron chi connectivity index (χ0n) is 10.8. The van der Waals surface area contributed by atoms with Gasteiger partial charge in [-0.25, -0.2) is 4.79 Å². The lowest BCUT2D eigenvalue weighted by Gasteiger charge is -2.24. The number of hydrogen-bond donors (Lipinski definition) is 1. The van der Waals surface area contributed by atoms with Crippen molar-refractivity contribution in [2.24, 2.45) is 0 Å². The summed E-state index contributed by atoms with van der Waals surface area (Å²) < 4.78 is 6.01. The normalized spacial score (nSPS) is 14.2. The molecule has 1 aliphatic carbocycles. The number of carbonyl (C=O) groups is 1. The fourth-order valence-corrected chi connectivity index (χ4v) is 2.78. The maximum absolute atomic E-state index is 11.0. The zero-order chi connectivity index (χ0) is 14.1. The lowest BCUT2D eigenvalue weighted by molar-refractivity contribution is 0.0696. The molecule has 1 saturated carbocycles. The quantitative estimate of drug-likeness (QED) is 0.899. The van der Waals surface area contributed by atoms with E-state index in [1.54, 1.807) is 12.3 Å². The Balaban J connectivity index is 1.88. The van der Waals surface area contributed by atoms with Crippen LogP contribution in [0.5, 0.6) is 0 Å². The smallest absolute Gasteiger partial charge is 0.336 e. The number of furan rings is 1. The van der Waals surface area contributed by atoms with Gasteiger partial charge in [-0.15, -0.1) is 0 Å². The zero-order valence-corrected chi connectivity index (χ0v) is 12.3. The van der Waals surface area contributed by atoms with Gasteiger partial charge in [-0.2, -0.15) is 0 Å². The second-order valence-electron chi connectivity index (χ2n) is 4.91. The number of aromatic carboxylic acids is 1. The first-order chi connectivity index (χ1) is 9.65. The van der Waals surface area contributed by atoms with Gasteiger partial charge in [-0.3, -0.25) is 0 Å². The largest absolute Gasteiger partial charge is 0.478 e. The molecular weight excluding hydrogens is 322 g/mol. The molecule has 1 fully saturated rings. The van der Waals surface area contributed by atoms with Crippen molar-refractivity contribution in [1.29, 1.82) is 0 Å². The fourth-order valence-electron chi connectivity index (χ4n) is 2.24. The van der Waals surface area contributed by atoms with Crippen molar-refractivity contribution in [3.8, 4) is 0 Å². The van der Waals surface area contributed by atoms with Crippen LogP contribution in [0.1, 0.15) is 29.0 Å². The van der Waals surface area contributed by atoms with E-state index < -0.39 is 5.97 Å². The standard InChI is InChI=1S/C15H14BrNO3/c16-14-8-11(5-6-13(14)15(18)19)17(10-3-4-10)9-12-2-1-7-20-12/h1-2,5-8,10H,3-4,9H2,(H,18,19). The van der Waals surface area contributed by atoms with Gasteiger partial charge in [0.1, 0.15) is 5.76 Å². The maximum Gasteiger partial charge on any atom is 0.336 e. The minimum atomic E-state index is -0.924.